The van der Waals surface area contributed by atoms with Gasteiger partial charge in [0.1, 0.15) is 0 Å². The molecule has 2 aromatic carbocycles. The Hall–Kier alpha value is -2.26. The van der Waals surface area contributed by atoms with E-state index in [1.807, 2.05) is 30.5 Å². The van der Waals surface area contributed by atoms with Crippen LogP contribution in [0, 0.1) is 0 Å². The predicted molar refractivity (Wildman–Crippen MR) is 87.1 cm³/mol. The lowest BCUT2D eigenvalue weighted by Gasteiger charge is -2.20. The van der Waals surface area contributed by atoms with Crippen molar-refractivity contribution in [3.8, 4) is 11.3 Å². The molecule has 0 aliphatic heterocycles. The van der Waals surface area contributed by atoms with E-state index >= 15 is 0 Å². The highest BCUT2D eigenvalue weighted by Crippen LogP contribution is 2.23. The zero-order chi connectivity index (χ0) is 14.8. The van der Waals surface area contributed by atoms with Gasteiger partial charge in [0.2, 0.25) is 0 Å². The Balaban J connectivity index is 1.95. The van der Waals surface area contributed by atoms with Crippen LogP contribution in [0.25, 0.3) is 22.3 Å². The molecular formula is C18H19N3. The fraction of sp³-hybridized carbons (Fsp3) is 0.222. The summed E-state index contributed by atoms with van der Waals surface area (Å²) in [6.45, 7) is 2.20. The topological polar surface area (TPSA) is 29.0 Å². The second kappa shape index (κ2) is 5.62. The lowest BCUT2D eigenvalue weighted by molar-refractivity contribution is 0.321. The summed E-state index contributed by atoms with van der Waals surface area (Å²) in [6, 6.07) is 16.9. The average molecular weight is 277 g/mol. The Morgan fingerprint density at radius 1 is 0.905 bits per heavy atom. The van der Waals surface area contributed by atoms with Crippen LogP contribution in [0.15, 0.2) is 54.7 Å². The van der Waals surface area contributed by atoms with Crippen molar-refractivity contribution in [2.75, 3.05) is 14.1 Å². The Morgan fingerprint density at radius 2 is 1.57 bits per heavy atom. The number of aromatic nitrogens is 2. The number of hydrogen-bond acceptors (Lipinski definition) is 3. The maximum absolute atomic E-state index is 4.68. The minimum absolute atomic E-state index is 0.404. The van der Waals surface area contributed by atoms with Gasteiger partial charge in [-0.3, -0.25) is 4.98 Å². The van der Waals surface area contributed by atoms with Gasteiger partial charge in [-0.25, -0.2) is 4.98 Å². The highest BCUT2D eigenvalue weighted by Gasteiger charge is 2.08. The van der Waals surface area contributed by atoms with E-state index in [1.54, 1.807) is 0 Å². The van der Waals surface area contributed by atoms with Crippen LogP contribution in [0.2, 0.25) is 0 Å². The van der Waals surface area contributed by atoms with Crippen LogP contribution in [0.4, 0.5) is 0 Å². The molecule has 3 nitrogen and oxygen atoms in total. The van der Waals surface area contributed by atoms with E-state index in [0.29, 0.717) is 6.04 Å². The summed E-state index contributed by atoms with van der Waals surface area (Å²) in [5.41, 5.74) is 5.18. The van der Waals surface area contributed by atoms with Crippen LogP contribution in [0.1, 0.15) is 18.5 Å². The van der Waals surface area contributed by atoms with Gasteiger partial charge in [0.05, 0.1) is 22.9 Å². The average Bonchev–Trinajstić information content (AvgIpc) is 2.54. The fourth-order valence-corrected chi connectivity index (χ4v) is 2.33. The van der Waals surface area contributed by atoms with Crippen molar-refractivity contribution in [1.82, 2.24) is 14.9 Å². The van der Waals surface area contributed by atoms with Crippen LogP contribution < -0.4 is 0 Å². The first kappa shape index (κ1) is 13.7. The lowest BCUT2D eigenvalue weighted by atomic mass is 10.0. The highest BCUT2D eigenvalue weighted by atomic mass is 15.1. The maximum Gasteiger partial charge on any atom is 0.0894 e. The minimum Gasteiger partial charge on any atom is -0.303 e. The molecule has 1 heterocycles. The number of rotatable bonds is 3. The molecule has 0 aliphatic rings. The first-order valence-corrected chi connectivity index (χ1v) is 7.14. The van der Waals surface area contributed by atoms with Gasteiger partial charge in [-0.05, 0) is 38.7 Å². The zero-order valence-corrected chi connectivity index (χ0v) is 12.6. The summed E-state index contributed by atoms with van der Waals surface area (Å²) < 4.78 is 0. The second-order valence-corrected chi connectivity index (χ2v) is 5.51. The summed E-state index contributed by atoms with van der Waals surface area (Å²) in [6.07, 6.45) is 1.84. The largest absolute Gasteiger partial charge is 0.303 e. The lowest BCUT2D eigenvalue weighted by Crippen LogP contribution is -2.16. The van der Waals surface area contributed by atoms with Crippen molar-refractivity contribution < 1.29 is 0 Å². The maximum atomic E-state index is 4.68. The minimum atomic E-state index is 0.404. The zero-order valence-electron chi connectivity index (χ0n) is 12.6. The summed E-state index contributed by atoms with van der Waals surface area (Å²) in [5, 5.41) is 0. The van der Waals surface area contributed by atoms with E-state index in [9.17, 15) is 0 Å². The summed E-state index contributed by atoms with van der Waals surface area (Å²) in [4.78, 5) is 11.4. The molecule has 0 saturated carbocycles. The molecule has 0 unspecified atom stereocenters. The van der Waals surface area contributed by atoms with E-state index in [1.165, 1.54) is 5.56 Å². The Morgan fingerprint density at radius 3 is 2.24 bits per heavy atom. The molecule has 3 rings (SSSR count). The van der Waals surface area contributed by atoms with E-state index in [2.05, 4.69) is 60.2 Å². The molecule has 1 aromatic heterocycles. The van der Waals surface area contributed by atoms with Crippen molar-refractivity contribution in [2.24, 2.45) is 0 Å². The summed E-state index contributed by atoms with van der Waals surface area (Å²) in [7, 11) is 4.18. The number of fused-ring (bicyclic) bond motifs is 1. The van der Waals surface area contributed by atoms with E-state index in [-0.39, 0.29) is 0 Å². The van der Waals surface area contributed by atoms with Gasteiger partial charge in [0.25, 0.3) is 0 Å². The van der Waals surface area contributed by atoms with Crippen LogP contribution in [-0.4, -0.2) is 29.0 Å². The summed E-state index contributed by atoms with van der Waals surface area (Å²) >= 11 is 0. The monoisotopic (exact) mass is 277 g/mol. The van der Waals surface area contributed by atoms with E-state index in [0.717, 1.165) is 22.3 Å². The van der Waals surface area contributed by atoms with Gasteiger partial charge in [0.15, 0.2) is 0 Å². The van der Waals surface area contributed by atoms with Crippen LogP contribution in [-0.2, 0) is 0 Å². The third kappa shape index (κ3) is 2.78. The standard InChI is InChI=1S/C18H19N3/c1-13(21(2)3)14-8-10-15(11-9-14)18-12-19-16-6-4-5-7-17(16)20-18/h4-13H,1-3H3/t13-/m1/s1. The third-order valence-corrected chi connectivity index (χ3v) is 3.91. The van der Waals surface area contributed by atoms with Crippen molar-refractivity contribution >= 4 is 11.0 Å². The van der Waals surface area contributed by atoms with Gasteiger partial charge in [-0.2, -0.15) is 0 Å². The van der Waals surface area contributed by atoms with Crippen molar-refractivity contribution in [3.05, 3.63) is 60.3 Å². The molecule has 3 heteroatoms. The van der Waals surface area contributed by atoms with E-state index < -0.39 is 0 Å². The summed E-state index contributed by atoms with van der Waals surface area (Å²) in [5.74, 6) is 0. The van der Waals surface area contributed by atoms with E-state index in [4.69, 9.17) is 0 Å². The molecule has 0 aliphatic carbocycles. The van der Waals surface area contributed by atoms with Crippen molar-refractivity contribution in [2.45, 2.75) is 13.0 Å². The molecule has 106 valence electrons. The molecule has 0 radical (unpaired) electrons. The Labute approximate surface area is 125 Å². The molecule has 1 atom stereocenters. The molecule has 0 amide bonds. The van der Waals surface area contributed by atoms with Gasteiger partial charge in [-0.1, -0.05) is 36.4 Å². The smallest absolute Gasteiger partial charge is 0.0894 e. The molecule has 21 heavy (non-hydrogen) atoms. The SMILES string of the molecule is C[C@H](c1ccc(-c2cnc3ccccc3n2)cc1)N(C)C. The molecule has 0 spiro atoms. The predicted octanol–water partition coefficient (Wildman–Crippen LogP) is 3.92. The van der Waals surface area contributed by atoms with Crippen molar-refractivity contribution in [3.63, 3.8) is 0 Å². The first-order valence-electron chi connectivity index (χ1n) is 7.14. The first-order chi connectivity index (χ1) is 10.1. The molecule has 0 N–H and O–H groups in total. The van der Waals surface area contributed by atoms with Gasteiger partial charge in [-0.15, -0.1) is 0 Å². The molecule has 0 saturated heterocycles. The molecule has 0 bridgehead atoms. The number of nitrogens with zero attached hydrogens (tertiary/aromatic N) is 3. The normalized spacial score (nSPS) is 12.8. The molecular weight excluding hydrogens is 258 g/mol. The van der Waals surface area contributed by atoms with Crippen LogP contribution in [0.5, 0.6) is 0 Å². The molecule has 0 fully saturated rings. The Kier molecular flexibility index (Phi) is 3.67. The highest BCUT2D eigenvalue weighted by molar-refractivity contribution is 5.76. The van der Waals surface area contributed by atoms with Gasteiger partial charge in [0, 0.05) is 11.6 Å². The van der Waals surface area contributed by atoms with Crippen LogP contribution in [0.3, 0.4) is 0 Å². The third-order valence-electron chi connectivity index (χ3n) is 3.91. The second-order valence-electron chi connectivity index (χ2n) is 5.51. The number of para-hydroxylation sites is 2. The molecule has 3 aromatic rings. The Bertz CT molecular complexity index is 748. The van der Waals surface area contributed by atoms with Gasteiger partial charge < -0.3 is 4.90 Å². The quantitative estimate of drug-likeness (QED) is 0.726. The van der Waals surface area contributed by atoms with Gasteiger partial charge >= 0.3 is 0 Å². The number of hydrogen-bond donors (Lipinski definition) is 0. The number of benzene rings is 2. The van der Waals surface area contributed by atoms with Crippen molar-refractivity contribution in [1.29, 1.82) is 0 Å². The fourth-order valence-electron chi connectivity index (χ4n) is 2.33. The van der Waals surface area contributed by atoms with Crippen LogP contribution >= 0.6 is 0 Å².